The third kappa shape index (κ3) is 3.88. The summed E-state index contributed by atoms with van der Waals surface area (Å²) < 4.78 is 10.6. The number of Topliss-reactive ketones (excluding diaryl/α,β-unsaturated/α-hetero) is 1. The van der Waals surface area contributed by atoms with Crippen molar-refractivity contribution in [2.75, 3.05) is 6.79 Å². The van der Waals surface area contributed by atoms with Gasteiger partial charge in [-0.1, -0.05) is 18.7 Å². The van der Waals surface area contributed by atoms with Crippen molar-refractivity contribution in [1.29, 1.82) is 0 Å². The number of carbonyl (C=O) groups is 4. The minimum absolute atomic E-state index is 0.0532. The van der Waals surface area contributed by atoms with Gasteiger partial charge in [0.2, 0.25) is 12.7 Å². The van der Waals surface area contributed by atoms with Gasteiger partial charge in [0.1, 0.15) is 11.8 Å². The number of rotatable bonds is 6. The molecule has 1 atom stereocenters. The molecule has 1 N–H and O–H groups in total. The zero-order valence-electron chi connectivity index (χ0n) is 17.9. The maximum atomic E-state index is 13.0. The first-order valence-corrected chi connectivity index (χ1v) is 10.8. The Hall–Kier alpha value is -3.94. The molecule has 0 aromatic heterocycles. The lowest BCUT2D eigenvalue weighted by Gasteiger charge is -2.29. The third-order valence-electron chi connectivity index (χ3n) is 6.15. The Balaban J connectivity index is 1.24. The summed E-state index contributed by atoms with van der Waals surface area (Å²) in [7, 11) is 0. The molecule has 33 heavy (non-hydrogen) atoms. The Morgan fingerprint density at radius 1 is 1.00 bits per heavy atom. The van der Waals surface area contributed by atoms with Crippen LogP contribution in [-0.4, -0.2) is 41.2 Å². The third-order valence-corrected chi connectivity index (χ3v) is 6.15. The molecule has 0 aliphatic carbocycles. The summed E-state index contributed by atoms with van der Waals surface area (Å²) in [5.74, 6) is 0.0349. The standard InChI is InChI=1S/C25H22N2O6/c1-14-2-8-20(23(29)26-14)27-24(30)18-7-4-15(11-19(18)25(27)31)3-6-17(28)10-16-5-9-21-22(12-16)33-13-32-21/h4-5,7,9,11-12,20H,1-3,6,8,10,13H2,(H,26,29). The van der Waals surface area contributed by atoms with E-state index in [1.165, 1.54) is 0 Å². The zero-order valence-corrected chi connectivity index (χ0v) is 17.9. The number of hydrogen-bond donors (Lipinski definition) is 1. The van der Waals surface area contributed by atoms with Crippen LogP contribution in [0.25, 0.3) is 0 Å². The highest BCUT2D eigenvalue weighted by molar-refractivity contribution is 6.23. The monoisotopic (exact) mass is 446 g/mol. The van der Waals surface area contributed by atoms with Crippen molar-refractivity contribution in [3.05, 3.63) is 70.9 Å². The van der Waals surface area contributed by atoms with E-state index in [1.807, 2.05) is 12.1 Å². The van der Waals surface area contributed by atoms with Gasteiger partial charge in [0.15, 0.2) is 11.5 Å². The summed E-state index contributed by atoms with van der Waals surface area (Å²) in [6, 6.07) is 9.62. The average Bonchev–Trinajstić information content (AvgIpc) is 3.35. The summed E-state index contributed by atoms with van der Waals surface area (Å²) >= 11 is 0. The van der Waals surface area contributed by atoms with Crippen molar-refractivity contribution in [2.24, 2.45) is 0 Å². The molecule has 2 aromatic carbocycles. The second-order valence-corrected chi connectivity index (χ2v) is 8.41. The maximum absolute atomic E-state index is 13.0. The molecule has 3 aliphatic heterocycles. The fourth-order valence-electron chi connectivity index (χ4n) is 4.40. The van der Waals surface area contributed by atoms with Crippen LogP contribution >= 0.6 is 0 Å². The van der Waals surface area contributed by atoms with E-state index in [0.717, 1.165) is 16.0 Å². The SMILES string of the molecule is C=C1CCC(N2C(=O)c3ccc(CCC(=O)Cc4ccc5c(c4)OCO5)cc3C2=O)C(=O)N1. The number of nitrogens with zero attached hydrogens (tertiary/aromatic N) is 1. The van der Waals surface area contributed by atoms with E-state index in [1.54, 1.807) is 24.3 Å². The van der Waals surface area contributed by atoms with Crippen molar-refractivity contribution >= 4 is 23.5 Å². The van der Waals surface area contributed by atoms with Gasteiger partial charge in [0, 0.05) is 18.5 Å². The maximum Gasteiger partial charge on any atom is 0.262 e. The van der Waals surface area contributed by atoms with Gasteiger partial charge in [-0.25, -0.2) is 0 Å². The number of allylic oxidation sites excluding steroid dienone is 1. The van der Waals surface area contributed by atoms with Gasteiger partial charge in [0.05, 0.1) is 11.1 Å². The van der Waals surface area contributed by atoms with E-state index in [0.29, 0.717) is 42.9 Å². The number of carbonyl (C=O) groups excluding carboxylic acids is 4. The fourth-order valence-corrected chi connectivity index (χ4v) is 4.40. The summed E-state index contributed by atoms with van der Waals surface area (Å²) in [5, 5.41) is 2.62. The van der Waals surface area contributed by atoms with Gasteiger partial charge in [0.25, 0.3) is 11.8 Å². The number of hydrogen-bond acceptors (Lipinski definition) is 6. The van der Waals surface area contributed by atoms with E-state index < -0.39 is 23.8 Å². The number of piperidine rings is 1. The van der Waals surface area contributed by atoms with Gasteiger partial charge in [-0.15, -0.1) is 0 Å². The lowest BCUT2D eigenvalue weighted by atomic mass is 9.99. The Morgan fingerprint density at radius 2 is 1.76 bits per heavy atom. The zero-order chi connectivity index (χ0) is 23.1. The number of imide groups is 1. The van der Waals surface area contributed by atoms with E-state index in [9.17, 15) is 19.2 Å². The number of nitrogens with one attached hydrogen (secondary N) is 1. The smallest absolute Gasteiger partial charge is 0.262 e. The molecule has 0 radical (unpaired) electrons. The Bertz CT molecular complexity index is 1220. The number of aryl methyl sites for hydroxylation is 1. The molecular weight excluding hydrogens is 424 g/mol. The summed E-state index contributed by atoms with van der Waals surface area (Å²) in [6.45, 7) is 3.92. The number of benzene rings is 2. The molecule has 3 aliphatic rings. The second kappa shape index (κ2) is 8.20. The summed E-state index contributed by atoms with van der Waals surface area (Å²) in [6.07, 6.45) is 1.89. The molecule has 3 heterocycles. The predicted molar refractivity (Wildman–Crippen MR) is 117 cm³/mol. The lowest BCUT2D eigenvalue weighted by molar-refractivity contribution is -0.125. The highest BCUT2D eigenvalue weighted by Crippen LogP contribution is 2.33. The number of ketones is 1. The van der Waals surface area contributed by atoms with Crippen LogP contribution in [0.2, 0.25) is 0 Å². The summed E-state index contributed by atoms with van der Waals surface area (Å²) in [4.78, 5) is 51.7. The van der Waals surface area contributed by atoms with Crippen molar-refractivity contribution < 1.29 is 28.7 Å². The van der Waals surface area contributed by atoms with Crippen molar-refractivity contribution in [1.82, 2.24) is 10.2 Å². The molecule has 8 heteroatoms. The number of fused-ring (bicyclic) bond motifs is 2. The van der Waals surface area contributed by atoms with Crippen molar-refractivity contribution in [3.8, 4) is 11.5 Å². The van der Waals surface area contributed by atoms with Crippen LogP contribution in [0.3, 0.4) is 0 Å². The summed E-state index contributed by atoms with van der Waals surface area (Å²) in [5.41, 5.74) is 2.78. The van der Waals surface area contributed by atoms with E-state index in [-0.39, 0.29) is 30.1 Å². The van der Waals surface area contributed by atoms with E-state index in [2.05, 4.69) is 11.9 Å². The molecule has 0 saturated carbocycles. The van der Waals surface area contributed by atoms with Gasteiger partial charge in [-0.2, -0.15) is 0 Å². The van der Waals surface area contributed by atoms with Crippen molar-refractivity contribution in [2.45, 2.75) is 38.1 Å². The van der Waals surface area contributed by atoms with Gasteiger partial charge in [-0.3, -0.25) is 24.1 Å². The first-order valence-electron chi connectivity index (χ1n) is 10.8. The van der Waals surface area contributed by atoms with Crippen LogP contribution in [0.5, 0.6) is 11.5 Å². The largest absolute Gasteiger partial charge is 0.454 e. The molecule has 0 spiro atoms. The molecule has 168 valence electrons. The van der Waals surface area contributed by atoms with Crippen LogP contribution in [0.4, 0.5) is 0 Å². The molecule has 1 saturated heterocycles. The van der Waals surface area contributed by atoms with Gasteiger partial charge < -0.3 is 14.8 Å². The Morgan fingerprint density at radius 3 is 2.58 bits per heavy atom. The van der Waals surface area contributed by atoms with Gasteiger partial charge in [-0.05, 0) is 54.7 Å². The normalized spacial score (nSPS) is 19.0. The van der Waals surface area contributed by atoms with E-state index >= 15 is 0 Å². The second-order valence-electron chi connectivity index (χ2n) is 8.41. The Labute approximate surface area is 190 Å². The molecule has 8 nitrogen and oxygen atoms in total. The first-order chi connectivity index (χ1) is 15.9. The molecule has 1 fully saturated rings. The highest BCUT2D eigenvalue weighted by atomic mass is 16.7. The van der Waals surface area contributed by atoms with Gasteiger partial charge >= 0.3 is 0 Å². The van der Waals surface area contributed by atoms with Crippen LogP contribution in [0.1, 0.15) is 51.1 Å². The lowest BCUT2D eigenvalue weighted by Crippen LogP contribution is -2.51. The first kappa shape index (κ1) is 20.9. The highest BCUT2D eigenvalue weighted by Gasteiger charge is 2.43. The fraction of sp³-hybridized carbons (Fsp3) is 0.280. The minimum atomic E-state index is -0.838. The van der Waals surface area contributed by atoms with Crippen LogP contribution in [-0.2, 0) is 22.4 Å². The Kier molecular flexibility index (Phi) is 5.20. The molecule has 0 bridgehead atoms. The minimum Gasteiger partial charge on any atom is -0.454 e. The number of ether oxygens (including phenoxy) is 2. The number of amides is 3. The van der Waals surface area contributed by atoms with E-state index in [4.69, 9.17) is 9.47 Å². The molecule has 3 amide bonds. The molecular formula is C25H22N2O6. The van der Waals surface area contributed by atoms with Crippen LogP contribution in [0.15, 0.2) is 48.7 Å². The quantitative estimate of drug-likeness (QED) is 0.685. The van der Waals surface area contributed by atoms with Crippen LogP contribution in [0, 0.1) is 0 Å². The molecule has 1 unspecified atom stereocenters. The molecule has 5 rings (SSSR count). The topological polar surface area (TPSA) is 102 Å². The average molecular weight is 446 g/mol. The predicted octanol–water partition coefficient (Wildman–Crippen LogP) is 2.55. The molecule has 2 aromatic rings. The van der Waals surface area contributed by atoms with Crippen LogP contribution < -0.4 is 14.8 Å². The van der Waals surface area contributed by atoms with Crippen molar-refractivity contribution in [3.63, 3.8) is 0 Å².